The zero-order valence-electron chi connectivity index (χ0n) is 13.7. The zero-order valence-corrected chi connectivity index (χ0v) is 14.5. The van der Waals surface area contributed by atoms with E-state index in [0.717, 1.165) is 5.56 Å². The van der Waals surface area contributed by atoms with Crippen LogP contribution in [-0.4, -0.2) is 26.9 Å². The number of carbonyl (C=O) groups excluding carboxylic acids is 2. The molecular weight excluding hydrogens is 320 g/mol. The molecule has 0 aliphatic carbocycles. The van der Waals surface area contributed by atoms with Crippen LogP contribution < -0.4 is 0 Å². The predicted octanol–water partition coefficient (Wildman–Crippen LogP) is 3.68. The van der Waals surface area contributed by atoms with Crippen molar-refractivity contribution in [2.75, 3.05) is 0 Å². The van der Waals surface area contributed by atoms with Gasteiger partial charge in [0.15, 0.2) is 5.78 Å². The lowest BCUT2D eigenvalue weighted by atomic mass is 9.77. The van der Waals surface area contributed by atoms with Crippen LogP contribution in [0.2, 0.25) is 0 Å². The molecule has 1 heterocycles. The SMILES string of the molecule is CC(=O)C1C(c2ccccc2)C(C(=O)c2ccccc2)SC1(C)O. The molecule has 24 heavy (non-hydrogen) atoms. The minimum atomic E-state index is -1.26. The fourth-order valence-electron chi connectivity index (χ4n) is 3.57. The molecule has 4 unspecified atom stereocenters. The van der Waals surface area contributed by atoms with Gasteiger partial charge in [-0.25, -0.2) is 0 Å². The number of thioether (sulfide) groups is 1. The number of hydrogen-bond acceptors (Lipinski definition) is 4. The van der Waals surface area contributed by atoms with E-state index in [0.29, 0.717) is 5.56 Å². The molecule has 0 saturated carbocycles. The van der Waals surface area contributed by atoms with Crippen LogP contribution >= 0.6 is 11.8 Å². The van der Waals surface area contributed by atoms with E-state index in [2.05, 4.69) is 0 Å². The van der Waals surface area contributed by atoms with Crippen molar-refractivity contribution in [1.82, 2.24) is 0 Å². The van der Waals surface area contributed by atoms with E-state index in [9.17, 15) is 14.7 Å². The highest BCUT2D eigenvalue weighted by atomic mass is 32.2. The van der Waals surface area contributed by atoms with Crippen molar-refractivity contribution in [3.8, 4) is 0 Å². The van der Waals surface area contributed by atoms with Crippen LogP contribution in [0.3, 0.4) is 0 Å². The quantitative estimate of drug-likeness (QED) is 0.863. The molecule has 0 spiro atoms. The average Bonchev–Trinajstić information content (AvgIpc) is 2.87. The third-order valence-electron chi connectivity index (χ3n) is 4.57. The molecule has 0 amide bonds. The molecule has 2 aromatic carbocycles. The van der Waals surface area contributed by atoms with Gasteiger partial charge in [0.05, 0.1) is 11.2 Å². The average molecular weight is 340 g/mol. The predicted molar refractivity (Wildman–Crippen MR) is 96.1 cm³/mol. The highest BCUT2D eigenvalue weighted by molar-refractivity contribution is 8.02. The smallest absolute Gasteiger partial charge is 0.176 e. The van der Waals surface area contributed by atoms with Gasteiger partial charge in [0.2, 0.25) is 0 Å². The van der Waals surface area contributed by atoms with Crippen molar-refractivity contribution in [2.45, 2.75) is 29.9 Å². The molecule has 4 atom stereocenters. The van der Waals surface area contributed by atoms with Crippen LogP contribution in [0.4, 0.5) is 0 Å². The highest BCUT2D eigenvalue weighted by Gasteiger charge is 2.55. The van der Waals surface area contributed by atoms with Crippen molar-refractivity contribution in [2.24, 2.45) is 5.92 Å². The standard InChI is InChI=1S/C20H20O3S/c1-13(21)17-16(14-9-5-3-6-10-14)19(24-20(17,2)23)18(22)15-11-7-4-8-12-15/h3-12,16-17,19,23H,1-2H3. The van der Waals surface area contributed by atoms with Gasteiger partial charge in [0, 0.05) is 11.5 Å². The number of hydrogen-bond donors (Lipinski definition) is 1. The van der Waals surface area contributed by atoms with Crippen molar-refractivity contribution in [3.05, 3.63) is 71.8 Å². The van der Waals surface area contributed by atoms with E-state index >= 15 is 0 Å². The maximum Gasteiger partial charge on any atom is 0.176 e. The first-order valence-electron chi connectivity index (χ1n) is 7.96. The van der Waals surface area contributed by atoms with Gasteiger partial charge in [-0.1, -0.05) is 60.7 Å². The van der Waals surface area contributed by atoms with Crippen LogP contribution in [0.25, 0.3) is 0 Å². The monoisotopic (exact) mass is 340 g/mol. The Labute approximate surface area is 146 Å². The van der Waals surface area contributed by atoms with Gasteiger partial charge in [-0.15, -0.1) is 11.8 Å². The second-order valence-corrected chi connectivity index (χ2v) is 7.92. The summed E-state index contributed by atoms with van der Waals surface area (Å²) in [5.74, 6) is -1.08. The van der Waals surface area contributed by atoms with Crippen LogP contribution in [0.5, 0.6) is 0 Å². The number of benzene rings is 2. The van der Waals surface area contributed by atoms with E-state index in [1.54, 1.807) is 19.1 Å². The van der Waals surface area contributed by atoms with Crippen LogP contribution in [0.1, 0.15) is 35.7 Å². The molecule has 3 rings (SSSR count). The fraction of sp³-hybridized carbons (Fsp3) is 0.300. The van der Waals surface area contributed by atoms with Crippen molar-refractivity contribution in [1.29, 1.82) is 0 Å². The summed E-state index contributed by atoms with van der Waals surface area (Å²) in [5, 5.41) is 10.3. The van der Waals surface area contributed by atoms with Crippen LogP contribution in [-0.2, 0) is 4.79 Å². The lowest BCUT2D eigenvalue weighted by Gasteiger charge is -2.26. The Morgan fingerprint density at radius 3 is 2.08 bits per heavy atom. The number of aliphatic hydroxyl groups is 1. The lowest BCUT2D eigenvalue weighted by Crippen LogP contribution is -2.35. The zero-order chi connectivity index (χ0) is 17.3. The molecule has 1 fully saturated rings. The fourth-order valence-corrected chi connectivity index (χ4v) is 5.24. The summed E-state index contributed by atoms with van der Waals surface area (Å²) in [4.78, 5) is 24.0. The Kier molecular flexibility index (Phi) is 4.61. The van der Waals surface area contributed by atoms with E-state index in [1.807, 2.05) is 48.5 Å². The number of ketones is 2. The Bertz CT molecular complexity index is 740. The number of carbonyl (C=O) groups is 2. The normalized spacial score (nSPS) is 29.4. The summed E-state index contributed by atoms with van der Waals surface area (Å²) in [7, 11) is 0. The van der Waals surface area contributed by atoms with Gasteiger partial charge in [-0.05, 0) is 19.4 Å². The van der Waals surface area contributed by atoms with Gasteiger partial charge in [0.1, 0.15) is 10.7 Å². The van der Waals surface area contributed by atoms with Crippen molar-refractivity contribution < 1.29 is 14.7 Å². The van der Waals surface area contributed by atoms with Gasteiger partial charge in [0.25, 0.3) is 0 Å². The van der Waals surface area contributed by atoms with Gasteiger partial charge in [-0.2, -0.15) is 0 Å². The van der Waals surface area contributed by atoms with Gasteiger partial charge >= 0.3 is 0 Å². The Balaban J connectivity index is 2.07. The summed E-state index contributed by atoms with van der Waals surface area (Å²) >= 11 is 1.20. The molecule has 0 radical (unpaired) electrons. The summed E-state index contributed by atoms with van der Waals surface area (Å²) in [5.41, 5.74) is 1.52. The van der Waals surface area contributed by atoms with Crippen molar-refractivity contribution >= 4 is 23.3 Å². The third-order valence-corrected chi connectivity index (χ3v) is 6.06. The molecular formula is C20H20O3S. The second-order valence-electron chi connectivity index (χ2n) is 6.35. The molecule has 124 valence electrons. The summed E-state index contributed by atoms with van der Waals surface area (Å²) < 4.78 is 0. The molecule has 1 aliphatic rings. The highest BCUT2D eigenvalue weighted by Crippen LogP contribution is 2.55. The van der Waals surface area contributed by atoms with Crippen LogP contribution in [0.15, 0.2) is 60.7 Å². The molecule has 2 aromatic rings. The molecule has 1 N–H and O–H groups in total. The molecule has 0 aromatic heterocycles. The van der Waals surface area contributed by atoms with Gasteiger partial charge < -0.3 is 5.11 Å². The summed E-state index contributed by atoms with van der Waals surface area (Å²) in [6.45, 7) is 3.13. The Morgan fingerprint density at radius 1 is 1.00 bits per heavy atom. The molecule has 1 saturated heterocycles. The summed E-state index contributed by atoms with van der Waals surface area (Å²) in [6.07, 6.45) is 0. The minimum absolute atomic E-state index is 0.0431. The molecule has 1 aliphatic heterocycles. The lowest BCUT2D eigenvalue weighted by molar-refractivity contribution is -0.125. The first-order chi connectivity index (χ1) is 11.4. The van der Waals surface area contributed by atoms with Crippen LogP contribution in [0, 0.1) is 5.92 Å². The summed E-state index contributed by atoms with van der Waals surface area (Å²) in [6, 6.07) is 18.6. The number of rotatable bonds is 4. The molecule has 3 nitrogen and oxygen atoms in total. The largest absolute Gasteiger partial charge is 0.379 e. The second kappa shape index (κ2) is 6.54. The third kappa shape index (κ3) is 3.04. The minimum Gasteiger partial charge on any atom is -0.379 e. The Hall–Kier alpha value is -1.91. The molecule has 0 bridgehead atoms. The maximum atomic E-state index is 13.0. The van der Waals surface area contributed by atoms with E-state index in [4.69, 9.17) is 0 Å². The first-order valence-corrected chi connectivity index (χ1v) is 8.84. The van der Waals surface area contributed by atoms with Crippen molar-refractivity contribution in [3.63, 3.8) is 0 Å². The Morgan fingerprint density at radius 2 is 1.54 bits per heavy atom. The van der Waals surface area contributed by atoms with Gasteiger partial charge in [-0.3, -0.25) is 9.59 Å². The topological polar surface area (TPSA) is 54.4 Å². The van der Waals surface area contributed by atoms with E-state index < -0.39 is 16.1 Å². The first kappa shape index (κ1) is 16.9. The van der Waals surface area contributed by atoms with E-state index in [-0.39, 0.29) is 17.5 Å². The van der Waals surface area contributed by atoms with E-state index in [1.165, 1.54) is 18.7 Å². The maximum absolute atomic E-state index is 13.0. The molecule has 4 heteroatoms. The number of Topliss-reactive ketones (excluding diaryl/α,β-unsaturated/α-hetero) is 2.